The zero-order valence-corrected chi connectivity index (χ0v) is 10.9. The van der Waals surface area contributed by atoms with Crippen molar-refractivity contribution in [2.24, 2.45) is 0 Å². The van der Waals surface area contributed by atoms with Gasteiger partial charge in [0.25, 0.3) is 0 Å². The maximum absolute atomic E-state index is 11.6. The molecule has 2 rings (SSSR count). The summed E-state index contributed by atoms with van der Waals surface area (Å²) in [5.74, 6) is 1.02. The second-order valence-electron chi connectivity index (χ2n) is 4.20. The summed E-state index contributed by atoms with van der Waals surface area (Å²) in [5, 5.41) is 8.79. The lowest BCUT2D eigenvalue weighted by Gasteiger charge is -2.11. The van der Waals surface area contributed by atoms with Crippen molar-refractivity contribution >= 4 is 11.9 Å². The zero-order chi connectivity index (χ0) is 13.7. The Hall–Kier alpha value is -2.37. The Morgan fingerprint density at radius 2 is 2.11 bits per heavy atom. The summed E-state index contributed by atoms with van der Waals surface area (Å²) in [5.41, 5.74) is 2.13. The third-order valence-electron chi connectivity index (χ3n) is 2.66. The zero-order valence-electron chi connectivity index (χ0n) is 10.9. The molecule has 1 heterocycles. The SMILES string of the molecule is Cc1cccc(C)c1OCCC(=O)Nc1ncn[nH]1. The highest BCUT2D eigenvalue weighted by Gasteiger charge is 2.07. The number of carbonyl (C=O) groups excluding carboxylic acids is 1. The molecule has 0 saturated carbocycles. The Kier molecular flexibility index (Phi) is 4.12. The van der Waals surface area contributed by atoms with Gasteiger partial charge in [-0.2, -0.15) is 10.1 Å². The number of para-hydroxylation sites is 1. The molecule has 0 radical (unpaired) electrons. The number of benzene rings is 1. The van der Waals surface area contributed by atoms with Gasteiger partial charge in [0, 0.05) is 0 Å². The minimum atomic E-state index is -0.164. The molecule has 19 heavy (non-hydrogen) atoms. The number of carbonyl (C=O) groups is 1. The average molecular weight is 260 g/mol. The lowest BCUT2D eigenvalue weighted by Crippen LogP contribution is -2.16. The van der Waals surface area contributed by atoms with Crippen molar-refractivity contribution in [3.05, 3.63) is 35.7 Å². The Labute approximate surface area is 111 Å². The number of anilines is 1. The minimum Gasteiger partial charge on any atom is -0.493 e. The number of aromatic nitrogens is 3. The highest BCUT2D eigenvalue weighted by Crippen LogP contribution is 2.22. The summed E-state index contributed by atoms with van der Waals surface area (Å²) < 4.78 is 5.65. The molecule has 6 nitrogen and oxygen atoms in total. The van der Waals surface area contributed by atoms with Crippen LogP contribution in [0.1, 0.15) is 17.5 Å². The fourth-order valence-electron chi connectivity index (χ4n) is 1.73. The molecule has 1 aromatic carbocycles. The predicted molar refractivity (Wildman–Crippen MR) is 71.0 cm³/mol. The second kappa shape index (κ2) is 5.99. The van der Waals surface area contributed by atoms with Crippen LogP contribution in [0.3, 0.4) is 0 Å². The molecular weight excluding hydrogens is 244 g/mol. The summed E-state index contributed by atoms with van der Waals surface area (Å²) in [7, 11) is 0. The molecule has 0 saturated heterocycles. The first kappa shape index (κ1) is 13.1. The van der Waals surface area contributed by atoms with Gasteiger partial charge >= 0.3 is 0 Å². The van der Waals surface area contributed by atoms with Crippen LogP contribution < -0.4 is 10.1 Å². The summed E-state index contributed by atoms with van der Waals surface area (Å²) >= 11 is 0. The van der Waals surface area contributed by atoms with Gasteiger partial charge in [-0.05, 0) is 25.0 Å². The van der Waals surface area contributed by atoms with E-state index >= 15 is 0 Å². The minimum absolute atomic E-state index is 0.164. The van der Waals surface area contributed by atoms with Gasteiger partial charge in [-0.15, -0.1) is 0 Å². The Morgan fingerprint density at radius 1 is 1.37 bits per heavy atom. The lowest BCUT2D eigenvalue weighted by atomic mass is 10.1. The highest BCUT2D eigenvalue weighted by atomic mass is 16.5. The molecule has 0 bridgehead atoms. The van der Waals surface area contributed by atoms with Crippen LogP contribution in [0.2, 0.25) is 0 Å². The number of nitrogens with one attached hydrogen (secondary N) is 2. The smallest absolute Gasteiger partial charge is 0.230 e. The molecule has 1 aromatic heterocycles. The molecule has 0 atom stereocenters. The number of aromatic amines is 1. The van der Waals surface area contributed by atoms with Gasteiger partial charge in [0.1, 0.15) is 12.1 Å². The first-order valence-corrected chi connectivity index (χ1v) is 6.01. The molecule has 0 fully saturated rings. The van der Waals surface area contributed by atoms with Gasteiger partial charge in [0.05, 0.1) is 13.0 Å². The maximum Gasteiger partial charge on any atom is 0.230 e. The predicted octanol–water partition coefficient (Wildman–Crippen LogP) is 1.83. The fourth-order valence-corrected chi connectivity index (χ4v) is 1.73. The van der Waals surface area contributed by atoms with E-state index in [9.17, 15) is 4.79 Å². The van der Waals surface area contributed by atoms with Crippen molar-refractivity contribution in [1.82, 2.24) is 15.2 Å². The van der Waals surface area contributed by atoms with Crippen molar-refractivity contribution in [2.45, 2.75) is 20.3 Å². The number of amides is 1. The average Bonchev–Trinajstić information content (AvgIpc) is 2.85. The second-order valence-corrected chi connectivity index (χ2v) is 4.20. The highest BCUT2D eigenvalue weighted by molar-refractivity contribution is 5.88. The first-order valence-electron chi connectivity index (χ1n) is 6.01. The summed E-state index contributed by atoms with van der Waals surface area (Å²) in [4.78, 5) is 15.4. The standard InChI is InChI=1S/C13H16N4O2/c1-9-4-3-5-10(2)12(9)19-7-6-11(18)16-13-14-8-15-17-13/h3-5,8H,6-7H2,1-2H3,(H2,14,15,16,17,18). The van der Waals surface area contributed by atoms with Gasteiger partial charge in [0.15, 0.2) is 0 Å². The van der Waals surface area contributed by atoms with Gasteiger partial charge in [0.2, 0.25) is 11.9 Å². The molecule has 1 amide bonds. The van der Waals surface area contributed by atoms with Crippen LogP contribution in [0.4, 0.5) is 5.95 Å². The van der Waals surface area contributed by atoms with E-state index in [1.165, 1.54) is 6.33 Å². The van der Waals surface area contributed by atoms with E-state index in [0.29, 0.717) is 12.6 Å². The Balaban J connectivity index is 1.82. The summed E-state index contributed by atoms with van der Waals surface area (Å²) in [6.07, 6.45) is 1.59. The third kappa shape index (κ3) is 3.54. The fraction of sp³-hybridized carbons (Fsp3) is 0.308. The maximum atomic E-state index is 11.6. The van der Waals surface area contributed by atoms with Crippen LogP contribution in [0.25, 0.3) is 0 Å². The largest absolute Gasteiger partial charge is 0.493 e. The van der Waals surface area contributed by atoms with E-state index in [1.54, 1.807) is 0 Å². The van der Waals surface area contributed by atoms with Crippen LogP contribution in [0.15, 0.2) is 24.5 Å². The molecule has 0 spiro atoms. The van der Waals surface area contributed by atoms with Crippen LogP contribution >= 0.6 is 0 Å². The van der Waals surface area contributed by atoms with E-state index in [2.05, 4.69) is 20.5 Å². The molecule has 6 heteroatoms. The van der Waals surface area contributed by atoms with Crippen molar-refractivity contribution in [1.29, 1.82) is 0 Å². The van der Waals surface area contributed by atoms with Crippen molar-refractivity contribution < 1.29 is 9.53 Å². The molecule has 0 aliphatic heterocycles. The quantitative estimate of drug-likeness (QED) is 0.859. The van der Waals surface area contributed by atoms with Crippen LogP contribution in [-0.4, -0.2) is 27.7 Å². The van der Waals surface area contributed by atoms with Gasteiger partial charge in [-0.3, -0.25) is 10.1 Å². The molecule has 0 unspecified atom stereocenters. The summed E-state index contributed by atoms with van der Waals surface area (Å²) in [6, 6.07) is 5.95. The third-order valence-corrected chi connectivity index (χ3v) is 2.66. The molecular formula is C13H16N4O2. The molecule has 0 aliphatic rings. The molecule has 0 aliphatic carbocycles. The van der Waals surface area contributed by atoms with Crippen molar-refractivity contribution in [3.8, 4) is 5.75 Å². The number of hydrogen-bond acceptors (Lipinski definition) is 4. The normalized spacial score (nSPS) is 10.2. The van der Waals surface area contributed by atoms with E-state index < -0.39 is 0 Å². The van der Waals surface area contributed by atoms with Crippen LogP contribution in [0, 0.1) is 13.8 Å². The Bertz CT molecular complexity index is 532. The number of nitrogens with zero attached hydrogens (tertiary/aromatic N) is 2. The first-order chi connectivity index (χ1) is 9.16. The van der Waals surface area contributed by atoms with E-state index in [4.69, 9.17) is 4.74 Å². The number of ether oxygens (including phenoxy) is 1. The van der Waals surface area contributed by atoms with Gasteiger partial charge in [-0.1, -0.05) is 18.2 Å². The van der Waals surface area contributed by atoms with Gasteiger partial charge < -0.3 is 4.74 Å². The molecule has 2 N–H and O–H groups in total. The van der Waals surface area contributed by atoms with Crippen LogP contribution in [-0.2, 0) is 4.79 Å². The molecule has 2 aromatic rings. The van der Waals surface area contributed by atoms with Crippen molar-refractivity contribution in [3.63, 3.8) is 0 Å². The number of aryl methyl sites for hydroxylation is 2. The number of rotatable bonds is 5. The van der Waals surface area contributed by atoms with Gasteiger partial charge in [-0.25, -0.2) is 5.10 Å². The van der Waals surface area contributed by atoms with E-state index in [-0.39, 0.29) is 12.3 Å². The molecule has 100 valence electrons. The van der Waals surface area contributed by atoms with E-state index in [0.717, 1.165) is 16.9 Å². The topological polar surface area (TPSA) is 79.9 Å². The monoisotopic (exact) mass is 260 g/mol. The van der Waals surface area contributed by atoms with E-state index in [1.807, 2.05) is 32.0 Å². The lowest BCUT2D eigenvalue weighted by molar-refractivity contribution is -0.116. The Morgan fingerprint density at radius 3 is 2.74 bits per heavy atom. The summed E-state index contributed by atoms with van der Waals surface area (Å²) in [6.45, 7) is 4.29. The number of H-pyrrole nitrogens is 1. The van der Waals surface area contributed by atoms with Crippen LogP contribution in [0.5, 0.6) is 5.75 Å². The number of hydrogen-bond donors (Lipinski definition) is 2. The van der Waals surface area contributed by atoms with Crippen molar-refractivity contribution in [2.75, 3.05) is 11.9 Å².